The van der Waals surface area contributed by atoms with Gasteiger partial charge in [-0.05, 0) is 30.3 Å². The summed E-state index contributed by atoms with van der Waals surface area (Å²) in [5, 5.41) is 0.930. The Morgan fingerprint density at radius 3 is 2.45 bits per heavy atom. The van der Waals surface area contributed by atoms with Gasteiger partial charge in [-0.15, -0.1) is 11.8 Å². The summed E-state index contributed by atoms with van der Waals surface area (Å²) in [5.41, 5.74) is 6.04. The zero-order valence-electron chi connectivity index (χ0n) is 12.2. The molecule has 0 aliphatic rings. The smallest absolute Gasteiger partial charge is 0.255 e. The fourth-order valence-corrected chi connectivity index (χ4v) is 3.02. The van der Waals surface area contributed by atoms with Crippen LogP contribution in [0.4, 0.5) is 0 Å². The lowest BCUT2D eigenvalue weighted by atomic mass is 9.93. The van der Waals surface area contributed by atoms with Gasteiger partial charge in [-0.1, -0.05) is 37.0 Å². The molecule has 0 spiro atoms. The molecule has 112 valence electrons. The van der Waals surface area contributed by atoms with Crippen molar-refractivity contribution in [2.24, 2.45) is 11.1 Å². The van der Waals surface area contributed by atoms with Crippen molar-refractivity contribution in [1.29, 1.82) is 0 Å². The summed E-state index contributed by atoms with van der Waals surface area (Å²) < 4.78 is 0. The van der Waals surface area contributed by atoms with E-state index in [0.717, 1.165) is 4.90 Å². The Bertz CT molecular complexity index is 506. The molecule has 0 bridgehead atoms. The zero-order valence-corrected chi connectivity index (χ0v) is 14.5. The van der Waals surface area contributed by atoms with Gasteiger partial charge in [0.2, 0.25) is 0 Å². The van der Waals surface area contributed by atoms with E-state index in [2.05, 4.69) is 0 Å². The summed E-state index contributed by atoms with van der Waals surface area (Å²) >= 11 is 13.7. The molecule has 20 heavy (non-hydrogen) atoms. The van der Waals surface area contributed by atoms with E-state index in [4.69, 9.17) is 28.9 Å². The minimum Gasteiger partial charge on any atom is -0.341 e. The highest BCUT2D eigenvalue weighted by atomic mass is 35.5. The molecule has 0 aromatic heterocycles. The summed E-state index contributed by atoms with van der Waals surface area (Å²) in [7, 11) is 1.75. The molecule has 6 heteroatoms. The maximum atomic E-state index is 12.5. The molecular weight excluding hydrogens is 315 g/mol. The highest BCUT2D eigenvalue weighted by molar-refractivity contribution is 7.98. The molecule has 0 saturated heterocycles. The third kappa shape index (κ3) is 4.29. The number of carbonyl (C=O) groups is 1. The molecule has 1 rings (SSSR count). The van der Waals surface area contributed by atoms with E-state index < -0.39 is 0 Å². The zero-order chi connectivity index (χ0) is 15.5. The van der Waals surface area contributed by atoms with E-state index in [9.17, 15) is 4.79 Å². The van der Waals surface area contributed by atoms with Gasteiger partial charge in [-0.3, -0.25) is 4.79 Å². The molecule has 0 saturated carbocycles. The SMILES string of the molecule is CSc1cc(C(=O)N(C)CC(C)(C)CN)c(Cl)cc1Cl. The molecule has 0 heterocycles. The summed E-state index contributed by atoms with van der Waals surface area (Å²) in [6, 6.07) is 3.35. The Labute approximate surface area is 134 Å². The van der Waals surface area contributed by atoms with E-state index >= 15 is 0 Å². The number of nitrogens with zero attached hydrogens (tertiary/aromatic N) is 1. The maximum Gasteiger partial charge on any atom is 0.255 e. The minimum atomic E-state index is -0.133. The molecule has 0 atom stereocenters. The number of carbonyl (C=O) groups excluding carboxylic acids is 1. The van der Waals surface area contributed by atoms with E-state index in [1.807, 2.05) is 20.1 Å². The van der Waals surface area contributed by atoms with Crippen LogP contribution in [0.5, 0.6) is 0 Å². The van der Waals surface area contributed by atoms with Gasteiger partial charge >= 0.3 is 0 Å². The van der Waals surface area contributed by atoms with Crippen LogP contribution in [0.3, 0.4) is 0 Å². The molecule has 1 aromatic carbocycles. The Hall–Kier alpha value is -0.420. The van der Waals surface area contributed by atoms with Crippen molar-refractivity contribution in [3.63, 3.8) is 0 Å². The van der Waals surface area contributed by atoms with Gasteiger partial charge in [-0.25, -0.2) is 0 Å². The second-order valence-electron chi connectivity index (χ2n) is 5.50. The van der Waals surface area contributed by atoms with Crippen molar-refractivity contribution in [1.82, 2.24) is 4.90 Å². The number of rotatable bonds is 5. The lowest BCUT2D eigenvalue weighted by Gasteiger charge is -2.29. The van der Waals surface area contributed by atoms with Crippen molar-refractivity contribution in [2.75, 3.05) is 26.4 Å². The summed E-state index contributed by atoms with van der Waals surface area (Å²) in [4.78, 5) is 15.0. The van der Waals surface area contributed by atoms with Crippen LogP contribution < -0.4 is 5.73 Å². The topological polar surface area (TPSA) is 46.3 Å². The van der Waals surface area contributed by atoms with Gasteiger partial charge in [-0.2, -0.15) is 0 Å². The highest BCUT2D eigenvalue weighted by Gasteiger charge is 2.23. The predicted molar refractivity (Wildman–Crippen MR) is 88.0 cm³/mol. The molecule has 3 nitrogen and oxygen atoms in total. The Balaban J connectivity index is 3.03. The van der Waals surface area contributed by atoms with Crippen LogP contribution >= 0.6 is 35.0 Å². The highest BCUT2D eigenvalue weighted by Crippen LogP contribution is 2.32. The van der Waals surface area contributed by atoms with Crippen LogP contribution in [0, 0.1) is 5.41 Å². The van der Waals surface area contributed by atoms with Crippen molar-refractivity contribution < 1.29 is 4.79 Å². The van der Waals surface area contributed by atoms with Gasteiger partial charge in [0, 0.05) is 18.5 Å². The number of hydrogen-bond donors (Lipinski definition) is 1. The van der Waals surface area contributed by atoms with Crippen LogP contribution in [-0.4, -0.2) is 37.2 Å². The average molecular weight is 335 g/mol. The summed E-state index contributed by atoms with van der Waals surface area (Å²) in [6.45, 7) is 5.12. The molecular formula is C14H20Cl2N2OS. The maximum absolute atomic E-state index is 12.5. The first kappa shape index (κ1) is 17.6. The van der Waals surface area contributed by atoms with Gasteiger partial charge in [0.15, 0.2) is 0 Å². The largest absolute Gasteiger partial charge is 0.341 e. The summed E-state index contributed by atoms with van der Waals surface area (Å²) in [5.74, 6) is -0.122. The molecule has 0 radical (unpaired) electrons. The van der Waals surface area contributed by atoms with Crippen molar-refractivity contribution in [2.45, 2.75) is 18.7 Å². The van der Waals surface area contributed by atoms with E-state index in [1.165, 1.54) is 11.8 Å². The van der Waals surface area contributed by atoms with Gasteiger partial charge in [0.25, 0.3) is 5.91 Å². The van der Waals surface area contributed by atoms with Crippen LogP contribution in [0.25, 0.3) is 0 Å². The quantitative estimate of drug-likeness (QED) is 0.833. The normalized spacial score (nSPS) is 11.6. The Morgan fingerprint density at radius 1 is 1.35 bits per heavy atom. The van der Waals surface area contributed by atoms with E-state index in [-0.39, 0.29) is 11.3 Å². The molecule has 0 unspecified atom stereocenters. The fraction of sp³-hybridized carbons (Fsp3) is 0.500. The molecule has 1 amide bonds. The van der Waals surface area contributed by atoms with Gasteiger partial charge < -0.3 is 10.6 Å². The standard InChI is InChI=1S/C14H20Cl2N2OS/c1-14(2,7-17)8-18(3)13(19)9-5-12(20-4)11(16)6-10(9)15/h5-6H,7-8,17H2,1-4H3. The van der Waals surface area contributed by atoms with Crippen molar-refractivity contribution in [3.8, 4) is 0 Å². The monoisotopic (exact) mass is 334 g/mol. The Kier molecular flexibility index (Phi) is 6.20. The van der Waals surface area contributed by atoms with Crippen LogP contribution in [0.1, 0.15) is 24.2 Å². The number of hydrogen-bond acceptors (Lipinski definition) is 3. The van der Waals surface area contributed by atoms with Crippen molar-refractivity contribution in [3.05, 3.63) is 27.7 Å². The first-order chi connectivity index (χ1) is 9.21. The molecule has 0 aliphatic heterocycles. The minimum absolute atomic E-state index is 0.122. The van der Waals surface area contributed by atoms with Gasteiger partial charge in [0.1, 0.15) is 0 Å². The molecule has 0 fully saturated rings. The third-order valence-corrected chi connectivity index (χ3v) is 4.55. The predicted octanol–water partition coefficient (Wildman–Crippen LogP) is 3.77. The summed E-state index contributed by atoms with van der Waals surface area (Å²) in [6.07, 6.45) is 1.91. The number of benzene rings is 1. The third-order valence-electron chi connectivity index (χ3n) is 3.04. The number of halogens is 2. The first-order valence-corrected chi connectivity index (χ1v) is 8.18. The fourth-order valence-electron chi connectivity index (χ4n) is 1.83. The Morgan fingerprint density at radius 2 is 1.95 bits per heavy atom. The second-order valence-corrected chi connectivity index (χ2v) is 7.16. The number of amides is 1. The van der Waals surface area contributed by atoms with E-state index in [0.29, 0.717) is 28.7 Å². The lowest BCUT2D eigenvalue weighted by Crippen LogP contribution is -2.39. The molecule has 0 aliphatic carbocycles. The van der Waals surface area contributed by atoms with Crippen LogP contribution in [0.15, 0.2) is 17.0 Å². The number of nitrogens with two attached hydrogens (primary N) is 1. The average Bonchev–Trinajstić information content (AvgIpc) is 2.37. The van der Waals surface area contributed by atoms with Gasteiger partial charge in [0.05, 0.1) is 15.6 Å². The van der Waals surface area contributed by atoms with E-state index in [1.54, 1.807) is 24.1 Å². The van der Waals surface area contributed by atoms with Crippen LogP contribution in [-0.2, 0) is 0 Å². The molecule has 1 aromatic rings. The second kappa shape index (κ2) is 7.03. The number of thioether (sulfide) groups is 1. The molecule has 2 N–H and O–H groups in total. The van der Waals surface area contributed by atoms with Crippen molar-refractivity contribution >= 4 is 40.9 Å². The van der Waals surface area contributed by atoms with Crippen LogP contribution in [0.2, 0.25) is 10.0 Å². The lowest BCUT2D eigenvalue weighted by molar-refractivity contribution is 0.0740. The first-order valence-electron chi connectivity index (χ1n) is 6.20.